The van der Waals surface area contributed by atoms with E-state index < -0.39 is 0 Å². The van der Waals surface area contributed by atoms with Gasteiger partial charge in [-0.05, 0) is 49.4 Å². The van der Waals surface area contributed by atoms with Crippen LogP contribution in [0.2, 0.25) is 0 Å². The number of hydrogen-bond acceptors (Lipinski definition) is 2. The highest BCUT2D eigenvalue weighted by molar-refractivity contribution is 4.83. The standard InChI is InChI=1S/C16H34O2/c1-10(2)8-14(13(7)17)15(9-11(3)4)16(18)12(5)6/h10-18H,8-9H2,1-7H3. The summed E-state index contributed by atoms with van der Waals surface area (Å²) in [6.07, 6.45) is 1.32. The molecule has 2 heteroatoms. The summed E-state index contributed by atoms with van der Waals surface area (Å²) < 4.78 is 0. The summed E-state index contributed by atoms with van der Waals surface area (Å²) in [7, 11) is 0. The van der Waals surface area contributed by atoms with Gasteiger partial charge < -0.3 is 10.2 Å². The first kappa shape index (κ1) is 17.9. The second-order valence-corrected chi connectivity index (χ2v) is 7.06. The second kappa shape index (κ2) is 8.16. The third-order valence-electron chi connectivity index (χ3n) is 3.78. The van der Waals surface area contributed by atoms with Crippen molar-refractivity contribution in [3.63, 3.8) is 0 Å². The molecule has 0 aliphatic heterocycles. The van der Waals surface area contributed by atoms with Crippen molar-refractivity contribution in [2.75, 3.05) is 0 Å². The Bertz CT molecular complexity index is 209. The van der Waals surface area contributed by atoms with Crippen molar-refractivity contribution in [2.45, 2.75) is 73.5 Å². The Morgan fingerprint density at radius 3 is 1.33 bits per heavy atom. The quantitative estimate of drug-likeness (QED) is 0.697. The number of aliphatic hydroxyl groups is 2. The van der Waals surface area contributed by atoms with E-state index in [1.165, 1.54) is 0 Å². The largest absolute Gasteiger partial charge is 0.393 e. The Morgan fingerprint density at radius 2 is 1.06 bits per heavy atom. The zero-order valence-electron chi connectivity index (χ0n) is 13.4. The van der Waals surface area contributed by atoms with Crippen molar-refractivity contribution in [3.8, 4) is 0 Å². The van der Waals surface area contributed by atoms with Crippen LogP contribution >= 0.6 is 0 Å². The summed E-state index contributed by atoms with van der Waals surface area (Å²) >= 11 is 0. The van der Waals surface area contributed by atoms with Gasteiger partial charge in [-0.1, -0.05) is 41.5 Å². The molecular weight excluding hydrogens is 224 g/mol. The molecule has 0 aromatic rings. The monoisotopic (exact) mass is 258 g/mol. The molecule has 0 heterocycles. The highest BCUT2D eigenvalue weighted by Gasteiger charge is 2.33. The lowest BCUT2D eigenvalue weighted by molar-refractivity contribution is -0.0237. The van der Waals surface area contributed by atoms with Crippen LogP contribution in [0.1, 0.15) is 61.3 Å². The van der Waals surface area contributed by atoms with Gasteiger partial charge in [0.2, 0.25) is 0 Å². The third kappa shape index (κ3) is 6.19. The molecular formula is C16H34O2. The molecule has 0 radical (unpaired) electrons. The predicted molar refractivity (Wildman–Crippen MR) is 78.4 cm³/mol. The first-order valence-electron chi connectivity index (χ1n) is 7.52. The van der Waals surface area contributed by atoms with Gasteiger partial charge in [-0.3, -0.25) is 0 Å². The SMILES string of the molecule is CC(C)CC(C(C)O)C(CC(C)C)C(O)C(C)C. The van der Waals surface area contributed by atoms with Crippen LogP contribution < -0.4 is 0 Å². The molecule has 0 saturated heterocycles. The Morgan fingerprint density at radius 1 is 0.667 bits per heavy atom. The Hall–Kier alpha value is -0.0800. The van der Waals surface area contributed by atoms with E-state index in [4.69, 9.17) is 0 Å². The minimum atomic E-state index is -0.343. The molecule has 4 unspecified atom stereocenters. The third-order valence-corrected chi connectivity index (χ3v) is 3.78. The fourth-order valence-electron chi connectivity index (χ4n) is 2.88. The van der Waals surface area contributed by atoms with Gasteiger partial charge in [0, 0.05) is 0 Å². The number of hydrogen-bond donors (Lipinski definition) is 2. The Kier molecular flexibility index (Phi) is 8.13. The van der Waals surface area contributed by atoms with Gasteiger partial charge in [-0.2, -0.15) is 0 Å². The molecule has 110 valence electrons. The molecule has 18 heavy (non-hydrogen) atoms. The smallest absolute Gasteiger partial charge is 0.0594 e. The lowest BCUT2D eigenvalue weighted by Crippen LogP contribution is -2.38. The molecule has 0 rings (SSSR count). The molecule has 0 aromatic heterocycles. The minimum Gasteiger partial charge on any atom is -0.393 e. The van der Waals surface area contributed by atoms with Crippen LogP contribution in [-0.2, 0) is 0 Å². The van der Waals surface area contributed by atoms with Crippen LogP contribution in [-0.4, -0.2) is 22.4 Å². The highest BCUT2D eigenvalue weighted by atomic mass is 16.3. The molecule has 0 aliphatic carbocycles. The number of aliphatic hydroxyl groups excluding tert-OH is 2. The van der Waals surface area contributed by atoms with Crippen molar-refractivity contribution in [1.29, 1.82) is 0 Å². The zero-order valence-corrected chi connectivity index (χ0v) is 13.4. The van der Waals surface area contributed by atoms with Gasteiger partial charge in [0.1, 0.15) is 0 Å². The van der Waals surface area contributed by atoms with E-state index >= 15 is 0 Å². The van der Waals surface area contributed by atoms with Crippen molar-refractivity contribution in [2.24, 2.45) is 29.6 Å². The predicted octanol–water partition coefficient (Wildman–Crippen LogP) is 3.71. The Balaban J connectivity index is 4.96. The summed E-state index contributed by atoms with van der Waals surface area (Å²) in [5, 5.41) is 20.5. The van der Waals surface area contributed by atoms with Crippen molar-refractivity contribution in [1.82, 2.24) is 0 Å². The maximum Gasteiger partial charge on any atom is 0.0594 e. The van der Waals surface area contributed by atoms with Gasteiger partial charge in [0.05, 0.1) is 12.2 Å². The van der Waals surface area contributed by atoms with Gasteiger partial charge in [0.25, 0.3) is 0 Å². The first-order chi connectivity index (χ1) is 8.16. The van der Waals surface area contributed by atoms with E-state index in [2.05, 4.69) is 41.5 Å². The molecule has 0 fully saturated rings. The van der Waals surface area contributed by atoms with E-state index in [0.29, 0.717) is 11.8 Å². The van der Waals surface area contributed by atoms with Crippen LogP contribution in [0.3, 0.4) is 0 Å². The Labute approximate surface area is 114 Å². The van der Waals surface area contributed by atoms with Gasteiger partial charge >= 0.3 is 0 Å². The van der Waals surface area contributed by atoms with Gasteiger partial charge in [-0.15, -0.1) is 0 Å². The summed E-state index contributed by atoms with van der Waals surface area (Å²) in [4.78, 5) is 0. The fraction of sp³-hybridized carbons (Fsp3) is 1.00. The van der Waals surface area contributed by atoms with Crippen LogP contribution in [0.5, 0.6) is 0 Å². The number of rotatable bonds is 8. The van der Waals surface area contributed by atoms with Crippen LogP contribution in [0.4, 0.5) is 0 Å². The molecule has 0 bridgehead atoms. The lowest BCUT2D eigenvalue weighted by atomic mass is 9.73. The van der Waals surface area contributed by atoms with Crippen molar-refractivity contribution < 1.29 is 10.2 Å². The van der Waals surface area contributed by atoms with Crippen molar-refractivity contribution in [3.05, 3.63) is 0 Å². The summed E-state index contributed by atoms with van der Waals surface area (Å²) in [5.41, 5.74) is 0. The molecule has 2 nitrogen and oxygen atoms in total. The van der Waals surface area contributed by atoms with Crippen LogP contribution in [0.15, 0.2) is 0 Å². The van der Waals surface area contributed by atoms with E-state index in [1.807, 2.05) is 6.92 Å². The van der Waals surface area contributed by atoms with Crippen LogP contribution in [0.25, 0.3) is 0 Å². The van der Waals surface area contributed by atoms with E-state index in [-0.39, 0.29) is 30.0 Å². The lowest BCUT2D eigenvalue weighted by Gasteiger charge is -2.36. The minimum absolute atomic E-state index is 0.199. The van der Waals surface area contributed by atoms with Crippen molar-refractivity contribution >= 4 is 0 Å². The average Bonchev–Trinajstić information content (AvgIpc) is 2.20. The molecule has 0 saturated carbocycles. The zero-order chi connectivity index (χ0) is 14.5. The summed E-state index contributed by atoms with van der Waals surface area (Å²) in [6, 6.07) is 0. The van der Waals surface area contributed by atoms with Gasteiger partial charge in [-0.25, -0.2) is 0 Å². The highest BCUT2D eigenvalue weighted by Crippen LogP contribution is 2.34. The molecule has 4 atom stereocenters. The molecule has 0 aromatic carbocycles. The molecule has 0 amide bonds. The van der Waals surface area contributed by atoms with E-state index in [0.717, 1.165) is 12.8 Å². The van der Waals surface area contributed by atoms with Gasteiger partial charge in [0.15, 0.2) is 0 Å². The average molecular weight is 258 g/mol. The normalized spacial score (nSPS) is 19.3. The second-order valence-electron chi connectivity index (χ2n) is 7.06. The van der Waals surface area contributed by atoms with E-state index in [9.17, 15) is 10.2 Å². The first-order valence-corrected chi connectivity index (χ1v) is 7.52. The fourth-order valence-corrected chi connectivity index (χ4v) is 2.88. The van der Waals surface area contributed by atoms with Crippen LogP contribution in [0, 0.1) is 29.6 Å². The molecule has 0 aliphatic rings. The maximum atomic E-state index is 10.5. The molecule has 2 N–H and O–H groups in total. The van der Waals surface area contributed by atoms with E-state index in [1.54, 1.807) is 0 Å². The summed E-state index contributed by atoms with van der Waals surface area (Å²) in [6.45, 7) is 14.7. The topological polar surface area (TPSA) is 40.5 Å². The maximum absolute atomic E-state index is 10.5. The summed E-state index contributed by atoms with van der Waals surface area (Å²) in [5.74, 6) is 1.76. The molecule has 0 spiro atoms.